The molecular weight excluding hydrogens is 198 g/mol. The third-order valence-electron chi connectivity index (χ3n) is 3.11. The van der Waals surface area contributed by atoms with Crippen LogP contribution in [0.15, 0.2) is 30.6 Å². The van der Waals surface area contributed by atoms with E-state index in [0.29, 0.717) is 6.04 Å². The molecule has 0 aliphatic heterocycles. The Morgan fingerprint density at radius 3 is 2.75 bits per heavy atom. The Hall–Kier alpha value is -1.51. The molecule has 0 radical (unpaired) electrons. The van der Waals surface area contributed by atoms with Gasteiger partial charge in [-0.3, -0.25) is 0 Å². The highest BCUT2D eigenvalue weighted by molar-refractivity contribution is 5.71. The van der Waals surface area contributed by atoms with Gasteiger partial charge in [0.1, 0.15) is 0 Å². The SMILES string of the molecule is C[C@H](Nc1ccnn2cccc12)C(C)(C)C. The summed E-state index contributed by atoms with van der Waals surface area (Å²) in [7, 11) is 0. The van der Waals surface area contributed by atoms with Crippen LogP contribution in [0.4, 0.5) is 5.69 Å². The molecule has 0 spiro atoms. The highest BCUT2D eigenvalue weighted by Gasteiger charge is 2.20. The van der Waals surface area contributed by atoms with Crippen LogP contribution in [0.25, 0.3) is 5.52 Å². The molecule has 1 N–H and O–H groups in total. The Labute approximate surface area is 96.5 Å². The van der Waals surface area contributed by atoms with Gasteiger partial charge in [-0.1, -0.05) is 20.8 Å². The van der Waals surface area contributed by atoms with Crippen molar-refractivity contribution in [1.29, 1.82) is 0 Å². The largest absolute Gasteiger partial charge is 0.380 e. The number of aromatic nitrogens is 2. The maximum atomic E-state index is 4.25. The number of hydrogen-bond donors (Lipinski definition) is 1. The summed E-state index contributed by atoms with van der Waals surface area (Å²) in [6, 6.07) is 6.52. The summed E-state index contributed by atoms with van der Waals surface area (Å²) >= 11 is 0. The Bertz CT molecular complexity index is 479. The van der Waals surface area contributed by atoms with Gasteiger partial charge in [-0.2, -0.15) is 5.10 Å². The molecule has 2 aromatic heterocycles. The van der Waals surface area contributed by atoms with Gasteiger partial charge in [-0.05, 0) is 30.5 Å². The van der Waals surface area contributed by atoms with E-state index in [0.717, 1.165) is 11.2 Å². The molecule has 2 aromatic rings. The van der Waals surface area contributed by atoms with Crippen LogP contribution in [0, 0.1) is 5.41 Å². The number of hydrogen-bond acceptors (Lipinski definition) is 2. The molecule has 0 aromatic carbocycles. The van der Waals surface area contributed by atoms with Gasteiger partial charge in [0.05, 0.1) is 11.2 Å². The number of nitrogens with zero attached hydrogens (tertiary/aromatic N) is 2. The van der Waals surface area contributed by atoms with Crippen molar-refractivity contribution in [2.45, 2.75) is 33.7 Å². The summed E-state index contributed by atoms with van der Waals surface area (Å²) in [4.78, 5) is 0. The van der Waals surface area contributed by atoms with Crippen molar-refractivity contribution < 1.29 is 0 Å². The summed E-state index contributed by atoms with van der Waals surface area (Å²) in [5.74, 6) is 0. The highest BCUT2D eigenvalue weighted by Crippen LogP contribution is 2.24. The number of fused-ring (bicyclic) bond motifs is 1. The van der Waals surface area contributed by atoms with E-state index in [2.05, 4.69) is 44.2 Å². The summed E-state index contributed by atoms with van der Waals surface area (Å²) in [6.45, 7) is 8.92. The van der Waals surface area contributed by atoms with Crippen LogP contribution >= 0.6 is 0 Å². The molecule has 1 atom stereocenters. The van der Waals surface area contributed by atoms with Crippen LogP contribution in [-0.4, -0.2) is 15.7 Å². The van der Waals surface area contributed by atoms with Gasteiger partial charge in [-0.15, -0.1) is 0 Å². The molecule has 16 heavy (non-hydrogen) atoms. The first-order valence-electron chi connectivity index (χ1n) is 5.67. The first-order valence-corrected chi connectivity index (χ1v) is 5.67. The first-order chi connectivity index (χ1) is 7.48. The molecule has 2 rings (SSSR count). The molecule has 0 aliphatic carbocycles. The maximum absolute atomic E-state index is 4.25. The lowest BCUT2D eigenvalue weighted by Gasteiger charge is -2.29. The molecule has 0 fully saturated rings. The van der Waals surface area contributed by atoms with Crippen molar-refractivity contribution in [3.8, 4) is 0 Å². The highest BCUT2D eigenvalue weighted by atomic mass is 15.2. The minimum atomic E-state index is 0.243. The maximum Gasteiger partial charge on any atom is 0.0878 e. The van der Waals surface area contributed by atoms with Crippen molar-refractivity contribution in [2.75, 3.05) is 5.32 Å². The lowest BCUT2D eigenvalue weighted by atomic mass is 9.88. The summed E-state index contributed by atoms with van der Waals surface area (Å²) < 4.78 is 1.89. The van der Waals surface area contributed by atoms with E-state index >= 15 is 0 Å². The third kappa shape index (κ3) is 2.03. The minimum Gasteiger partial charge on any atom is -0.380 e. The molecule has 3 heteroatoms. The zero-order valence-corrected chi connectivity index (χ0v) is 10.4. The van der Waals surface area contributed by atoms with E-state index in [1.165, 1.54) is 0 Å². The Kier molecular flexibility index (Phi) is 2.62. The van der Waals surface area contributed by atoms with Crippen LogP contribution < -0.4 is 5.32 Å². The molecule has 3 nitrogen and oxygen atoms in total. The minimum absolute atomic E-state index is 0.243. The fourth-order valence-electron chi connectivity index (χ4n) is 1.52. The molecule has 0 saturated heterocycles. The molecule has 0 unspecified atom stereocenters. The van der Waals surface area contributed by atoms with Gasteiger partial charge >= 0.3 is 0 Å². The van der Waals surface area contributed by atoms with E-state index in [9.17, 15) is 0 Å². The first kappa shape index (κ1) is 11.0. The number of rotatable bonds is 2. The van der Waals surface area contributed by atoms with Crippen LogP contribution in [0.3, 0.4) is 0 Å². The summed E-state index contributed by atoms with van der Waals surface area (Å²) in [5, 5.41) is 7.80. The Balaban J connectivity index is 2.31. The molecule has 0 bridgehead atoms. The third-order valence-corrected chi connectivity index (χ3v) is 3.11. The van der Waals surface area contributed by atoms with Crippen molar-refractivity contribution in [1.82, 2.24) is 9.61 Å². The lowest BCUT2D eigenvalue weighted by molar-refractivity contribution is 0.359. The second-order valence-electron chi connectivity index (χ2n) is 5.31. The van der Waals surface area contributed by atoms with Gasteiger partial charge in [0.15, 0.2) is 0 Å². The van der Waals surface area contributed by atoms with Crippen molar-refractivity contribution >= 4 is 11.2 Å². The van der Waals surface area contributed by atoms with Gasteiger partial charge in [-0.25, -0.2) is 4.52 Å². The van der Waals surface area contributed by atoms with Crippen molar-refractivity contribution in [2.24, 2.45) is 5.41 Å². The topological polar surface area (TPSA) is 29.3 Å². The van der Waals surface area contributed by atoms with E-state index in [1.54, 1.807) is 0 Å². The van der Waals surface area contributed by atoms with Crippen LogP contribution in [0.1, 0.15) is 27.7 Å². The van der Waals surface area contributed by atoms with Crippen LogP contribution in [0.2, 0.25) is 0 Å². The standard InChI is InChI=1S/C13H19N3/c1-10(13(2,3)4)15-11-7-8-14-16-9-5-6-12(11)16/h5-10,15H,1-4H3/t10-/m0/s1. The molecule has 2 heterocycles. The van der Waals surface area contributed by atoms with E-state index in [4.69, 9.17) is 0 Å². The second-order valence-corrected chi connectivity index (χ2v) is 5.31. The fourth-order valence-corrected chi connectivity index (χ4v) is 1.52. The average molecular weight is 217 g/mol. The monoisotopic (exact) mass is 217 g/mol. The van der Waals surface area contributed by atoms with Gasteiger partial charge in [0.25, 0.3) is 0 Å². The normalized spacial score (nSPS) is 14.0. The fraction of sp³-hybridized carbons (Fsp3) is 0.462. The van der Waals surface area contributed by atoms with Crippen LogP contribution in [-0.2, 0) is 0 Å². The molecule has 0 saturated carbocycles. The molecule has 86 valence electrons. The van der Waals surface area contributed by atoms with Gasteiger partial charge < -0.3 is 5.32 Å². The smallest absolute Gasteiger partial charge is 0.0878 e. The van der Waals surface area contributed by atoms with E-state index < -0.39 is 0 Å². The predicted octanol–water partition coefficient (Wildman–Crippen LogP) is 3.18. The van der Waals surface area contributed by atoms with Crippen molar-refractivity contribution in [3.05, 3.63) is 30.6 Å². The Morgan fingerprint density at radius 1 is 1.31 bits per heavy atom. The van der Waals surface area contributed by atoms with Crippen LogP contribution in [0.5, 0.6) is 0 Å². The average Bonchev–Trinajstić information content (AvgIpc) is 2.65. The lowest BCUT2D eigenvalue weighted by Crippen LogP contribution is -2.30. The molecular formula is C13H19N3. The summed E-state index contributed by atoms with van der Waals surface area (Å²) in [6.07, 6.45) is 3.78. The molecule has 0 aliphatic rings. The zero-order chi connectivity index (χ0) is 11.8. The number of anilines is 1. The molecule has 0 amide bonds. The van der Waals surface area contributed by atoms with Crippen molar-refractivity contribution in [3.63, 3.8) is 0 Å². The predicted molar refractivity (Wildman–Crippen MR) is 67.7 cm³/mol. The van der Waals surface area contributed by atoms with Gasteiger partial charge in [0.2, 0.25) is 0 Å². The van der Waals surface area contributed by atoms with E-state index in [1.807, 2.05) is 29.0 Å². The Morgan fingerprint density at radius 2 is 2.06 bits per heavy atom. The summed E-state index contributed by atoms with van der Waals surface area (Å²) in [5.41, 5.74) is 2.51. The second kappa shape index (κ2) is 3.81. The quantitative estimate of drug-likeness (QED) is 0.837. The number of nitrogens with one attached hydrogen (secondary N) is 1. The van der Waals surface area contributed by atoms with E-state index in [-0.39, 0.29) is 5.41 Å². The zero-order valence-electron chi connectivity index (χ0n) is 10.4. The van der Waals surface area contributed by atoms with Gasteiger partial charge in [0, 0.05) is 18.4 Å².